The molecule has 0 saturated carbocycles. The second-order valence-electron chi connectivity index (χ2n) is 5.12. The van der Waals surface area contributed by atoms with Gasteiger partial charge in [0.05, 0.1) is 6.54 Å². The summed E-state index contributed by atoms with van der Waals surface area (Å²) in [5.74, 6) is 0.623. The Kier molecular flexibility index (Phi) is 3.13. The van der Waals surface area contributed by atoms with Crippen molar-refractivity contribution in [3.05, 3.63) is 47.5 Å². The Balaban J connectivity index is 1.82. The summed E-state index contributed by atoms with van der Waals surface area (Å²) in [4.78, 5) is 17.1. The van der Waals surface area contributed by atoms with Crippen LogP contribution in [0.2, 0.25) is 0 Å². The molecule has 3 aromatic rings. The molecule has 0 bridgehead atoms. The number of aromatic amines is 1. The van der Waals surface area contributed by atoms with Crippen molar-refractivity contribution >= 4 is 22.5 Å². The number of nitrogens with one attached hydrogen (secondary N) is 1. The number of aromatic nitrogens is 2. The maximum absolute atomic E-state index is 12.4. The zero-order valence-corrected chi connectivity index (χ0v) is 11.9. The lowest BCUT2D eigenvalue weighted by Gasteiger charge is -2.14. The number of anilines is 1. The van der Waals surface area contributed by atoms with Crippen LogP contribution in [0.3, 0.4) is 0 Å². The molecule has 0 radical (unpaired) electrons. The predicted octanol–water partition coefficient (Wildman–Crippen LogP) is 2.32. The average molecular weight is 284 g/mol. The molecule has 0 unspecified atom stereocenters. The van der Waals surface area contributed by atoms with Gasteiger partial charge in [-0.05, 0) is 31.2 Å². The van der Waals surface area contributed by atoms with Crippen molar-refractivity contribution in [2.24, 2.45) is 0 Å². The third kappa shape index (κ3) is 2.60. The zero-order chi connectivity index (χ0) is 15.0. The molecular weight excluding hydrogens is 268 g/mol. The van der Waals surface area contributed by atoms with Crippen molar-refractivity contribution in [1.82, 2.24) is 15.0 Å². The minimum atomic E-state index is -0.106. The van der Waals surface area contributed by atoms with Crippen LogP contribution in [0.5, 0.6) is 0 Å². The van der Waals surface area contributed by atoms with E-state index in [9.17, 15) is 4.79 Å². The number of hydrogen-bond donors (Lipinski definition) is 2. The lowest BCUT2D eigenvalue weighted by Crippen LogP contribution is -2.26. The van der Waals surface area contributed by atoms with Crippen LogP contribution in [0.1, 0.15) is 21.9 Å². The lowest BCUT2D eigenvalue weighted by molar-refractivity contribution is 0.0777. The molecule has 0 fully saturated rings. The molecule has 1 amide bonds. The molecule has 0 atom stereocenters. The van der Waals surface area contributed by atoms with Crippen molar-refractivity contribution in [3.8, 4) is 0 Å². The fourth-order valence-electron chi connectivity index (χ4n) is 2.28. The van der Waals surface area contributed by atoms with Gasteiger partial charge in [-0.25, -0.2) is 0 Å². The van der Waals surface area contributed by atoms with Gasteiger partial charge >= 0.3 is 0 Å². The molecule has 108 valence electrons. The Hall–Kier alpha value is -2.76. The van der Waals surface area contributed by atoms with E-state index in [2.05, 4.69) is 10.1 Å². The molecule has 3 N–H and O–H groups in total. The average Bonchev–Trinajstić information content (AvgIpc) is 3.03. The fourth-order valence-corrected chi connectivity index (χ4v) is 2.28. The summed E-state index contributed by atoms with van der Waals surface area (Å²) in [6.45, 7) is 2.22. The summed E-state index contributed by atoms with van der Waals surface area (Å²) in [6.07, 6.45) is 0. The molecule has 6 heteroatoms. The Morgan fingerprint density at radius 2 is 2.19 bits per heavy atom. The molecule has 0 spiro atoms. The number of nitrogen functional groups attached to an aromatic ring is 1. The number of hydrogen-bond acceptors (Lipinski definition) is 4. The molecular formula is C15H16N4O2. The van der Waals surface area contributed by atoms with Gasteiger partial charge in [-0.3, -0.25) is 4.79 Å². The SMILES string of the molecule is Cc1cc(CN(C)C(=O)c2cc3cc(N)ccc3[nH]2)no1. The zero-order valence-electron chi connectivity index (χ0n) is 11.9. The quantitative estimate of drug-likeness (QED) is 0.722. The van der Waals surface area contributed by atoms with Gasteiger partial charge in [-0.2, -0.15) is 0 Å². The molecule has 0 saturated heterocycles. The van der Waals surface area contributed by atoms with E-state index in [1.54, 1.807) is 24.1 Å². The number of nitrogens with zero attached hydrogens (tertiary/aromatic N) is 2. The number of carbonyl (C=O) groups is 1. The molecule has 6 nitrogen and oxygen atoms in total. The molecule has 0 aliphatic rings. The van der Waals surface area contributed by atoms with Crippen LogP contribution < -0.4 is 5.73 Å². The predicted molar refractivity (Wildman–Crippen MR) is 79.7 cm³/mol. The minimum absolute atomic E-state index is 0.106. The molecule has 2 aromatic heterocycles. The summed E-state index contributed by atoms with van der Waals surface area (Å²) in [6, 6.07) is 9.12. The number of H-pyrrole nitrogens is 1. The van der Waals surface area contributed by atoms with Crippen molar-refractivity contribution in [2.45, 2.75) is 13.5 Å². The first-order valence-corrected chi connectivity index (χ1v) is 6.59. The van der Waals surface area contributed by atoms with E-state index in [-0.39, 0.29) is 5.91 Å². The Morgan fingerprint density at radius 1 is 1.38 bits per heavy atom. The van der Waals surface area contributed by atoms with Crippen LogP contribution in [0.15, 0.2) is 34.9 Å². The highest BCUT2D eigenvalue weighted by Crippen LogP contribution is 2.19. The van der Waals surface area contributed by atoms with E-state index in [0.29, 0.717) is 17.9 Å². The molecule has 3 rings (SSSR count). The molecule has 0 aliphatic carbocycles. The van der Waals surface area contributed by atoms with Crippen molar-refractivity contribution in [2.75, 3.05) is 12.8 Å². The second-order valence-corrected chi connectivity index (χ2v) is 5.12. The summed E-state index contributed by atoms with van der Waals surface area (Å²) in [5.41, 5.74) is 8.56. The third-order valence-electron chi connectivity index (χ3n) is 3.30. The van der Waals surface area contributed by atoms with Crippen LogP contribution in [-0.4, -0.2) is 28.0 Å². The molecule has 21 heavy (non-hydrogen) atoms. The first-order chi connectivity index (χ1) is 10.0. The summed E-state index contributed by atoms with van der Waals surface area (Å²) in [5, 5.41) is 4.81. The van der Waals surface area contributed by atoms with E-state index in [0.717, 1.165) is 22.4 Å². The van der Waals surface area contributed by atoms with Gasteiger partial charge in [-0.1, -0.05) is 5.16 Å². The van der Waals surface area contributed by atoms with Crippen molar-refractivity contribution < 1.29 is 9.32 Å². The van der Waals surface area contributed by atoms with Crippen LogP contribution >= 0.6 is 0 Å². The highest BCUT2D eigenvalue weighted by Gasteiger charge is 2.16. The minimum Gasteiger partial charge on any atom is -0.399 e. The van der Waals surface area contributed by atoms with Gasteiger partial charge in [-0.15, -0.1) is 0 Å². The number of rotatable bonds is 3. The lowest BCUT2D eigenvalue weighted by atomic mass is 10.2. The first kappa shape index (κ1) is 13.2. The Morgan fingerprint density at radius 3 is 2.90 bits per heavy atom. The van der Waals surface area contributed by atoms with Gasteiger partial charge in [0.15, 0.2) is 0 Å². The Labute approximate surface area is 121 Å². The van der Waals surface area contributed by atoms with Crippen LogP contribution in [0.25, 0.3) is 10.9 Å². The number of nitrogens with two attached hydrogens (primary N) is 1. The highest BCUT2D eigenvalue weighted by molar-refractivity contribution is 5.98. The summed E-state index contributed by atoms with van der Waals surface area (Å²) < 4.78 is 5.00. The van der Waals surface area contributed by atoms with E-state index in [1.807, 2.05) is 25.1 Å². The topological polar surface area (TPSA) is 88.1 Å². The van der Waals surface area contributed by atoms with E-state index < -0.39 is 0 Å². The number of fused-ring (bicyclic) bond motifs is 1. The number of aryl methyl sites for hydroxylation is 1. The van der Waals surface area contributed by atoms with Crippen molar-refractivity contribution in [3.63, 3.8) is 0 Å². The standard InChI is InChI=1S/C15H16N4O2/c1-9-5-12(18-21-9)8-19(2)15(20)14-7-10-6-11(16)3-4-13(10)17-14/h3-7,17H,8,16H2,1-2H3. The number of amides is 1. The van der Waals surface area contributed by atoms with E-state index >= 15 is 0 Å². The van der Waals surface area contributed by atoms with Gasteiger partial charge in [0.1, 0.15) is 17.1 Å². The second kappa shape index (κ2) is 4.97. The maximum Gasteiger partial charge on any atom is 0.270 e. The summed E-state index contributed by atoms with van der Waals surface area (Å²) >= 11 is 0. The van der Waals surface area contributed by atoms with Crippen molar-refractivity contribution in [1.29, 1.82) is 0 Å². The molecule has 0 aliphatic heterocycles. The van der Waals surface area contributed by atoms with Gasteiger partial charge in [0.25, 0.3) is 5.91 Å². The van der Waals surface area contributed by atoms with Crippen LogP contribution in [0.4, 0.5) is 5.69 Å². The number of carbonyl (C=O) groups excluding carboxylic acids is 1. The summed E-state index contributed by atoms with van der Waals surface area (Å²) in [7, 11) is 1.73. The molecule has 2 heterocycles. The van der Waals surface area contributed by atoms with E-state index in [4.69, 9.17) is 10.3 Å². The fraction of sp³-hybridized carbons (Fsp3) is 0.200. The Bertz CT molecular complexity index is 803. The highest BCUT2D eigenvalue weighted by atomic mass is 16.5. The van der Waals surface area contributed by atoms with Crippen LogP contribution in [-0.2, 0) is 6.54 Å². The molecule has 1 aromatic carbocycles. The smallest absolute Gasteiger partial charge is 0.270 e. The normalized spacial score (nSPS) is 11.0. The van der Waals surface area contributed by atoms with Gasteiger partial charge in [0.2, 0.25) is 0 Å². The van der Waals surface area contributed by atoms with Gasteiger partial charge in [0, 0.05) is 29.7 Å². The maximum atomic E-state index is 12.4. The van der Waals surface area contributed by atoms with Gasteiger partial charge < -0.3 is 20.1 Å². The first-order valence-electron chi connectivity index (χ1n) is 6.59. The number of benzene rings is 1. The largest absolute Gasteiger partial charge is 0.399 e. The monoisotopic (exact) mass is 284 g/mol. The third-order valence-corrected chi connectivity index (χ3v) is 3.30. The van der Waals surface area contributed by atoms with E-state index in [1.165, 1.54) is 0 Å². The van der Waals surface area contributed by atoms with Crippen LogP contribution in [0, 0.1) is 6.92 Å².